The van der Waals surface area contributed by atoms with Crippen molar-refractivity contribution in [3.63, 3.8) is 0 Å². The van der Waals surface area contributed by atoms with Gasteiger partial charge in [-0.2, -0.15) is 0 Å². The maximum absolute atomic E-state index is 5.85. The van der Waals surface area contributed by atoms with Crippen LogP contribution in [-0.2, 0) is 11.3 Å². The largest absolute Gasteiger partial charge is 0.384 e. The molecular formula is C14H25N5O. The SMILES string of the molecule is COCc1nc(N)cc(N(C)CC2(N(C)C)CCC2)n1. The fraction of sp³-hybridized carbons (Fsp3) is 0.714. The maximum atomic E-state index is 5.85. The van der Waals surface area contributed by atoms with Gasteiger partial charge in [0, 0.05) is 32.3 Å². The van der Waals surface area contributed by atoms with E-state index in [0.717, 1.165) is 12.4 Å². The number of ether oxygens (including phenoxy) is 1. The first-order valence-corrected chi connectivity index (χ1v) is 6.98. The third-order valence-corrected chi connectivity index (χ3v) is 4.21. The van der Waals surface area contributed by atoms with Crippen molar-refractivity contribution in [3.8, 4) is 0 Å². The number of methoxy groups -OCH3 is 1. The highest BCUT2D eigenvalue weighted by atomic mass is 16.5. The smallest absolute Gasteiger partial charge is 0.158 e. The Kier molecular flexibility index (Phi) is 4.45. The van der Waals surface area contributed by atoms with E-state index in [0.29, 0.717) is 18.2 Å². The van der Waals surface area contributed by atoms with Crippen LogP contribution in [0.25, 0.3) is 0 Å². The zero-order valence-corrected chi connectivity index (χ0v) is 12.9. The normalized spacial score (nSPS) is 17.1. The van der Waals surface area contributed by atoms with Crippen molar-refractivity contribution in [3.05, 3.63) is 11.9 Å². The lowest BCUT2D eigenvalue weighted by Crippen LogP contribution is -2.56. The monoisotopic (exact) mass is 279 g/mol. The quantitative estimate of drug-likeness (QED) is 0.842. The average Bonchev–Trinajstić information content (AvgIpc) is 2.32. The van der Waals surface area contributed by atoms with Gasteiger partial charge in [-0.3, -0.25) is 0 Å². The molecule has 0 atom stereocenters. The van der Waals surface area contributed by atoms with E-state index in [2.05, 4.69) is 40.9 Å². The van der Waals surface area contributed by atoms with Gasteiger partial charge >= 0.3 is 0 Å². The molecule has 1 aromatic heterocycles. The van der Waals surface area contributed by atoms with Gasteiger partial charge < -0.3 is 20.3 Å². The first-order valence-electron chi connectivity index (χ1n) is 6.98. The predicted octanol–water partition coefficient (Wildman–Crippen LogP) is 1.13. The lowest BCUT2D eigenvalue weighted by Gasteiger charge is -2.49. The minimum Gasteiger partial charge on any atom is -0.384 e. The third kappa shape index (κ3) is 3.02. The van der Waals surface area contributed by atoms with Crippen LogP contribution >= 0.6 is 0 Å². The molecule has 6 heteroatoms. The fourth-order valence-electron chi connectivity index (χ4n) is 2.75. The summed E-state index contributed by atoms with van der Waals surface area (Å²) in [5.74, 6) is 1.97. The molecule has 1 fully saturated rings. The summed E-state index contributed by atoms with van der Waals surface area (Å²) < 4.78 is 5.08. The second-order valence-corrected chi connectivity index (χ2v) is 5.83. The van der Waals surface area contributed by atoms with Crippen LogP contribution in [0.4, 0.5) is 11.6 Å². The van der Waals surface area contributed by atoms with Crippen LogP contribution in [-0.4, -0.2) is 55.2 Å². The molecule has 1 aromatic rings. The average molecular weight is 279 g/mol. The Labute approximate surface area is 120 Å². The minimum atomic E-state index is 0.260. The van der Waals surface area contributed by atoms with Gasteiger partial charge in [-0.15, -0.1) is 0 Å². The van der Waals surface area contributed by atoms with E-state index in [4.69, 9.17) is 10.5 Å². The Bertz CT molecular complexity index is 459. The minimum absolute atomic E-state index is 0.260. The number of hydrogen-bond acceptors (Lipinski definition) is 6. The molecule has 6 nitrogen and oxygen atoms in total. The van der Waals surface area contributed by atoms with Gasteiger partial charge in [0.25, 0.3) is 0 Å². The van der Waals surface area contributed by atoms with E-state index in [1.165, 1.54) is 19.3 Å². The summed E-state index contributed by atoms with van der Waals surface area (Å²) in [6, 6.07) is 1.82. The number of nitrogens with two attached hydrogens (primary N) is 1. The molecule has 2 N–H and O–H groups in total. The predicted molar refractivity (Wildman–Crippen MR) is 80.7 cm³/mol. The lowest BCUT2D eigenvalue weighted by molar-refractivity contribution is 0.0681. The van der Waals surface area contributed by atoms with Gasteiger partial charge in [-0.05, 0) is 33.4 Å². The van der Waals surface area contributed by atoms with Crippen molar-refractivity contribution >= 4 is 11.6 Å². The molecule has 1 saturated carbocycles. The summed E-state index contributed by atoms with van der Waals surface area (Å²) in [5.41, 5.74) is 6.11. The Balaban J connectivity index is 2.14. The number of nitrogen functional groups attached to an aromatic ring is 1. The summed E-state index contributed by atoms with van der Waals surface area (Å²) in [5, 5.41) is 0. The van der Waals surface area contributed by atoms with Crippen molar-refractivity contribution in [1.29, 1.82) is 0 Å². The number of likely N-dealkylation sites (N-methyl/N-ethyl adjacent to an activating group) is 2. The van der Waals surface area contributed by atoms with Gasteiger partial charge in [0.2, 0.25) is 0 Å². The van der Waals surface area contributed by atoms with Gasteiger partial charge in [-0.25, -0.2) is 9.97 Å². The van der Waals surface area contributed by atoms with Crippen molar-refractivity contribution < 1.29 is 4.74 Å². The molecule has 20 heavy (non-hydrogen) atoms. The fourth-order valence-corrected chi connectivity index (χ4v) is 2.75. The van der Waals surface area contributed by atoms with Crippen molar-refractivity contribution in [1.82, 2.24) is 14.9 Å². The number of anilines is 2. The molecule has 0 aliphatic heterocycles. The molecule has 0 saturated heterocycles. The second-order valence-electron chi connectivity index (χ2n) is 5.83. The van der Waals surface area contributed by atoms with Gasteiger partial charge in [0.1, 0.15) is 18.2 Å². The van der Waals surface area contributed by atoms with Crippen molar-refractivity contribution in [2.24, 2.45) is 0 Å². The van der Waals surface area contributed by atoms with E-state index in [9.17, 15) is 0 Å². The Morgan fingerprint density at radius 3 is 2.50 bits per heavy atom. The topological polar surface area (TPSA) is 67.5 Å². The van der Waals surface area contributed by atoms with Crippen LogP contribution in [0.1, 0.15) is 25.1 Å². The van der Waals surface area contributed by atoms with Crippen LogP contribution in [0.15, 0.2) is 6.07 Å². The summed E-state index contributed by atoms with van der Waals surface area (Å²) in [4.78, 5) is 13.2. The highest BCUT2D eigenvalue weighted by molar-refractivity contribution is 5.47. The zero-order valence-electron chi connectivity index (χ0n) is 12.9. The van der Waals surface area contributed by atoms with Gasteiger partial charge in [0.15, 0.2) is 5.82 Å². The van der Waals surface area contributed by atoms with Crippen molar-refractivity contribution in [2.75, 3.05) is 45.4 Å². The van der Waals surface area contributed by atoms with E-state index >= 15 is 0 Å². The van der Waals surface area contributed by atoms with Crippen LogP contribution in [0.2, 0.25) is 0 Å². The van der Waals surface area contributed by atoms with Gasteiger partial charge in [0.05, 0.1) is 0 Å². The molecule has 0 aromatic carbocycles. The molecule has 2 rings (SSSR count). The zero-order chi connectivity index (χ0) is 14.8. The standard InChI is InChI=1S/C14H25N5O/c1-18(2)14(6-5-7-14)10-19(3)13-8-11(15)16-12(17-13)9-20-4/h8H,5-7,9-10H2,1-4H3,(H2,15,16,17). The van der Waals surface area contributed by atoms with Crippen LogP contribution in [0.5, 0.6) is 0 Å². The Morgan fingerprint density at radius 2 is 2.00 bits per heavy atom. The first-order chi connectivity index (χ1) is 9.47. The molecule has 1 aliphatic carbocycles. The van der Waals surface area contributed by atoms with Gasteiger partial charge in [-0.1, -0.05) is 0 Å². The van der Waals surface area contributed by atoms with E-state index in [1.807, 2.05) is 6.07 Å². The lowest BCUT2D eigenvalue weighted by atomic mass is 9.75. The first kappa shape index (κ1) is 15.0. The summed E-state index contributed by atoms with van der Waals surface area (Å²) >= 11 is 0. The van der Waals surface area contributed by atoms with E-state index in [1.54, 1.807) is 7.11 Å². The molecule has 1 heterocycles. The maximum Gasteiger partial charge on any atom is 0.158 e. The Morgan fingerprint density at radius 1 is 1.30 bits per heavy atom. The van der Waals surface area contributed by atoms with Crippen LogP contribution < -0.4 is 10.6 Å². The molecule has 0 unspecified atom stereocenters. The number of aromatic nitrogens is 2. The number of nitrogens with zero attached hydrogens (tertiary/aromatic N) is 4. The summed E-state index contributed by atoms with van der Waals surface area (Å²) in [6.45, 7) is 1.33. The molecule has 1 aliphatic rings. The van der Waals surface area contributed by atoms with E-state index in [-0.39, 0.29) is 5.54 Å². The molecule has 0 bridgehead atoms. The van der Waals surface area contributed by atoms with Crippen LogP contribution in [0, 0.1) is 0 Å². The molecule has 0 radical (unpaired) electrons. The molecule has 112 valence electrons. The van der Waals surface area contributed by atoms with Crippen molar-refractivity contribution in [2.45, 2.75) is 31.4 Å². The highest BCUT2D eigenvalue weighted by Crippen LogP contribution is 2.37. The highest BCUT2D eigenvalue weighted by Gasteiger charge is 2.40. The molecule has 0 spiro atoms. The summed E-state index contributed by atoms with van der Waals surface area (Å²) in [6.07, 6.45) is 3.76. The van der Waals surface area contributed by atoms with E-state index < -0.39 is 0 Å². The Hall–Kier alpha value is -1.40. The second kappa shape index (κ2) is 5.93. The summed E-state index contributed by atoms with van der Waals surface area (Å²) in [7, 11) is 7.99. The third-order valence-electron chi connectivity index (χ3n) is 4.21. The van der Waals surface area contributed by atoms with Crippen LogP contribution in [0.3, 0.4) is 0 Å². The number of rotatable bonds is 6. The molecule has 0 amide bonds. The molecular weight excluding hydrogens is 254 g/mol. The number of hydrogen-bond donors (Lipinski definition) is 1.